The van der Waals surface area contributed by atoms with Gasteiger partial charge in [-0.1, -0.05) is 36.4 Å². The van der Waals surface area contributed by atoms with Gasteiger partial charge in [0.25, 0.3) is 10.0 Å². The van der Waals surface area contributed by atoms with Crippen molar-refractivity contribution >= 4 is 15.8 Å². The smallest absolute Gasteiger partial charge is 0.263 e. The number of aromatic nitrogens is 2. The molecule has 0 saturated carbocycles. The van der Waals surface area contributed by atoms with E-state index in [-0.39, 0.29) is 16.5 Å². The fraction of sp³-hybridized carbons (Fsp3) is 0.0556. The van der Waals surface area contributed by atoms with E-state index in [9.17, 15) is 12.8 Å². The second-order valence-corrected chi connectivity index (χ2v) is 7.01. The highest BCUT2D eigenvalue weighted by Crippen LogP contribution is 2.29. The van der Waals surface area contributed by atoms with Crippen LogP contribution in [-0.4, -0.2) is 18.2 Å². The molecule has 0 saturated heterocycles. The van der Waals surface area contributed by atoms with Gasteiger partial charge in [0.2, 0.25) is 0 Å². The lowest BCUT2D eigenvalue weighted by atomic mass is 10.1. The van der Waals surface area contributed by atoms with Crippen molar-refractivity contribution in [3.63, 3.8) is 0 Å². The summed E-state index contributed by atoms with van der Waals surface area (Å²) in [6.07, 6.45) is 3.34. The molecular formula is C18H16FN3O2S. The standard InChI is InChI=1S/C18H16FN3O2S/c1-2-12-22-13-17(14-8-10-15(19)11-9-14)18(20-22)21-25(23,24)16-6-4-3-5-7-16/h2-11,13H,1,12H2,(H,20,21). The van der Waals surface area contributed by atoms with E-state index >= 15 is 0 Å². The van der Waals surface area contributed by atoms with Gasteiger partial charge >= 0.3 is 0 Å². The maximum absolute atomic E-state index is 13.2. The van der Waals surface area contributed by atoms with E-state index in [0.29, 0.717) is 17.7 Å². The van der Waals surface area contributed by atoms with E-state index in [2.05, 4.69) is 16.4 Å². The molecule has 128 valence electrons. The third-order valence-electron chi connectivity index (χ3n) is 3.52. The zero-order valence-electron chi connectivity index (χ0n) is 13.3. The summed E-state index contributed by atoms with van der Waals surface area (Å²) in [4.78, 5) is 0.137. The molecule has 0 radical (unpaired) electrons. The molecular weight excluding hydrogens is 341 g/mol. The minimum Gasteiger partial charge on any atom is -0.266 e. The molecule has 5 nitrogen and oxygen atoms in total. The fourth-order valence-electron chi connectivity index (χ4n) is 2.35. The summed E-state index contributed by atoms with van der Waals surface area (Å²) in [5.74, 6) is -0.189. The Hall–Kier alpha value is -2.93. The number of hydrogen-bond acceptors (Lipinski definition) is 3. The zero-order valence-corrected chi connectivity index (χ0v) is 14.1. The zero-order chi connectivity index (χ0) is 17.9. The lowest BCUT2D eigenvalue weighted by Crippen LogP contribution is -2.14. The first kappa shape index (κ1) is 16.9. The Morgan fingerprint density at radius 2 is 1.80 bits per heavy atom. The van der Waals surface area contributed by atoms with Crippen molar-refractivity contribution in [3.8, 4) is 11.1 Å². The van der Waals surface area contributed by atoms with Crippen molar-refractivity contribution in [3.05, 3.63) is 79.3 Å². The minimum absolute atomic E-state index is 0.137. The molecule has 0 aliphatic rings. The van der Waals surface area contributed by atoms with E-state index in [1.807, 2.05) is 0 Å². The molecule has 1 aromatic heterocycles. The van der Waals surface area contributed by atoms with Gasteiger partial charge in [0.05, 0.1) is 11.4 Å². The third kappa shape index (κ3) is 3.77. The van der Waals surface area contributed by atoms with Crippen LogP contribution >= 0.6 is 0 Å². The molecule has 1 N–H and O–H groups in total. The predicted molar refractivity (Wildman–Crippen MR) is 95.1 cm³/mol. The summed E-state index contributed by atoms with van der Waals surface area (Å²) < 4.78 is 42.4. The molecule has 0 spiro atoms. The maximum atomic E-state index is 13.2. The highest BCUT2D eigenvalue weighted by atomic mass is 32.2. The highest BCUT2D eigenvalue weighted by Gasteiger charge is 2.19. The van der Waals surface area contributed by atoms with E-state index in [0.717, 1.165) is 0 Å². The van der Waals surface area contributed by atoms with Crippen LogP contribution < -0.4 is 4.72 Å². The quantitative estimate of drug-likeness (QED) is 0.685. The van der Waals surface area contributed by atoms with E-state index in [1.165, 1.54) is 24.3 Å². The molecule has 25 heavy (non-hydrogen) atoms. The van der Waals surface area contributed by atoms with Crippen molar-refractivity contribution < 1.29 is 12.8 Å². The van der Waals surface area contributed by atoms with Crippen LogP contribution in [0.4, 0.5) is 10.2 Å². The number of nitrogens with one attached hydrogen (secondary N) is 1. The molecule has 0 aliphatic carbocycles. The van der Waals surface area contributed by atoms with Gasteiger partial charge < -0.3 is 0 Å². The fourth-order valence-corrected chi connectivity index (χ4v) is 3.39. The summed E-state index contributed by atoms with van der Waals surface area (Å²) in [6.45, 7) is 4.07. The maximum Gasteiger partial charge on any atom is 0.263 e. The number of halogens is 1. The van der Waals surface area contributed by atoms with Crippen LogP contribution in [0.5, 0.6) is 0 Å². The lowest BCUT2D eigenvalue weighted by molar-refractivity contribution is 0.600. The number of hydrogen-bond donors (Lipinski definition) is 1. The molecule has 1 heterocycles. The van der Waals surface area contributed by atoms with Crippen LogP contribution in [0.1, 0.15) is 0 Å². The van der Waals surface area contributed by atoms with Crippen LogP contribution in [0.3, 0.4) is 0 Å². The molecule has 3 rings (SSSR count). The predicted octanol–water partition coefficient (Wildman–Crippen LogP) is 3.68. The summed E-state index contributed by atoms with van der Waals surface area (Å²) in [6, 6.07) is 13.8. The summed E-state index contributed by atoms with van der Waals surface area (Å²) in [5, 5.41) is 4.27. The van der Waals surface area contributed by atoms with Crippen LogP contribution in [0.15, 0.2) is 78.3 Å². The second kappa shape index (κ2) is 6.90. The SMILES string of the molecule is C=CCn1cc(-c2ccc(F)cc2)c(NS(=O)(=O)c2ccccc2)n1. The Bertz CT molecular complexity index is 981. The second-order valence-electron chi connectivity index (χ2n) is 5.33. The normalized spacial score (nSPS) is 11.2. The van der Waals surface area contributed by atoms with Crippen LogP contribution in [-0.2, 0) is 16.6 Å². The molecule has 0 atom stereocenters. The Kier molecular flexibility index (Phi) is 4.67. The topological polar surface area (TPSA) is 64.0 Å². The average Bonchev–Trinajstić information content (AvgIpc) is 2.98. The van der Waals surface area contributed by atoms with E-state index in [4.69, 9.17) is 0 Å². The van der Waals surface area contributed by atoms with Crippen molar-refractivity contribution in [2.24, 2.45) is 0 Å². The van der Waals surface area contributed by atoms with Crippen molar-refractivity contribution in [2.45, 2.75) is 11.4 Å². The number of nitrogens with zero attached hydrogens (tertiary/aromatic N) is 2. The van der Waals surface area contributed by atoms with Gasteiger partial charge in [-0.25, -0.2) is 12.8 Å². The summed E-state index contributed by atoms with van der Waals surface area (Å²) in [7, 11) is -3.78. The largest absolute Gasteiger partial charge is 0.266 e. The van der Waals surface area contributed by atoms with Crippen molar-refractivity contribution in [1.82, 2.24) is 9.78 Å². The molecule has 0 aliphatic heterocycles. The summed E-state index contributed by atoms with van der Waals surface area (Å²) >= 11 is 0. The van der Waals surface area contributed by atoms with Crippen LogP contribution in [0.2, 0.25) is 0 Å². The number of sulfonamides is 1. The van der Waals surface area contributed by atoms with Gasteiger partial charge in [0, 0.05) is 11.8 Å². The number of anilines is 1. The Balaban J connectivity index is 2.03. The van der Waals surface area contributed by atoms with Gasteiger partial charge in [0.15, 0.2) is 5.82 Å². The molecule has 0 amide bonds. The molecule has 0 unspecified atom stereocenters. The Morgan fingerprint density at radius 3 is 2.44 bits per heavy atom. The summed E-state index contributed by atoms with van der Waals surface area (Å²) in [5.41, 5.74) is 1.21. The molecule has 0 fully saturated rings. The molecule has 2 aromatic carbocycles. The molecule has 7 heteroatoms. The number of allylic oxidation sites excluding steroid dienone is 1. The van der Waals surface area contributed by atoms with Crippen molar-refractivity contribution in [1.29, 1.82) is 0 Å². The highest BCUT2D eigenvalue weighted by molar-refractivity contribution is 7.92. The van der Waals surface area contributed by atoms with Crippen LogP contribution in [0.25, 0.3) is 11.1 Å². The van der Waals surface area contributed by atoms with E-state index in [1.54, 1.807) is 47.3 Å². The monoisotopic (exact) mass is 357 g/mol. The lowest BCUT2D eigenvalue weighted by Gasteiger charge is -2.07. The number of rotatable bonds is 6. The average molecular weight is 357 g/mol. The molecule has 3 aromatic rings. The molecule has 0 bridgehead atoms. The minimum atomic E-state index is -3.78. The van der Waals surface area contributed by atoms with Gasteiger partial charge in [-0.2, -0.15) is 5.10 Å². The first-order valence-corrected chi connectivity index (χ1v) is 9.00. The first-order valence-electron chi connectivity index (χ1n) is 7.52. The van der Waals surface area contributed by atoms with Gasteiger partial charge in [0.1, 0.15) is 5.82 Å². The van der Waals surface area contributed by atoms with Crippen molar-refractivity contribution in [2.75, 3.05) is 4.72 Å². The van der Waals surface area contributed by atoms with Gasteiger partial charge in [-0.05, 0) is 29.8 Å². The third-order valence-corrected chi connectivity index (χ3v) is 4.87. The Morgan fingerprint density at radius 1 is 1.12 bits per heavy atom. The van der Waals surface area contributed by atoms with Gasteiger partial charge in [-0.3, -0.25) is 9.40 Å². The first-order chi connectivity index (χ1) is 12.0. The van der Waals surface area contributed by atoms with E-state index < -0.39 is 10.0 Å². The number of benzene rings is 2. The van der Waals surface area contributed by atoms with Gasteiger partial charge in [-0.15, -0.1) is 6.58 Å². The Labute approximate surface area is 145 Å². The van der Waals surface area contributed by atoms with Crippen LogP contribution in [0, 0.1) is 5.82 Å².